The highest BCUT2D eigenvalue weighted by atomic mass is 79.9. The van der Waals surface area contributed by atoms with E-state index < -0.39 is 5.60 Å². The predicted octanol–water partition coefficient (Wildman–Crippen LogP) is 6.33. The van der Waals surface area contributed by atoms with Crippen LogP contribution in [-0.2, 0) is 9.53 Å². The molecule has 1 saturated carbocycles. The first-order valence-electron chi connectivity index (χ1n) is 11.6. The molecule has 4 rings (SSSR count). The monoisotopic (exact) mass is 535 g/mol. The standard InChI is InChI=1S/C25H31BrClN3O3/c1-14(2)29-21-19(28-24(29)26)22(31)30(20(21)15-6-10-17(27)11-7-15)18-12-8-16(9-13-18)23(32)33-25(3,4)5/h6-7,10-11,14,16,18,20H,8-9,12-13H2,1-5H3. The zero-order chi connectivity index (χ0) is 24.1. The van der Waals surface area contributed by atoms with Crippen molar-refractivity contribution in [2.45, 2.75) is 84.0 Å². The molecule has 0 bridgehead atoms. The number of carbonyl (C=O) groups is 2. The topological polar surface area (TPSA) is 64.4 Å². The number of amides is 1. The lowest BCUT2D eigenvalue weighted by molar-refractivity contribution is -0.161. The number of aromatic nitrogens is 2. The van der Waals surface area contributed by atoms with Crippen LogP contribution in [0.1, 0.15) is 94.1 Å². The van der Waals surface area contributed by atoms with Gasteiger partial charge in [0, 0.05) is 17.1 Å². The Bertz CT molecular complexity index is 1050. The van der Waals surface area contributed by atoms with E-state index in [-0.39, 0.29) is 35.9 Å². The SMILES string of the molecule is CC(C)n1c(Br)nc2c1C(c1ccc(Cl)cc1)N(C1CCC(C(=O)OC(C)(C)C)CC1)C2=O. The molecule has 1 aliphatic carbocycles. The molecule has 1 amide bonds. The van der Waals surface area contributed by atoms with Crippen LogP contribution in [0.2, 0.25) is 5.02 Å². The van der Waals surface area contributed by atoms with Crippen molar-refractivity contribution in [3.8, 4) is 0 Å². The average molecular weight is 537 g/mol. The molecule has 0 radical (unpaired) electrons. The predicted molar refractivity (Wildman–Crippen MR) is 131 cm³/mol. The molecule has 0 N–H and O–H groups in total. The largest absolute Gasteiger partial charge is 0.460 e. The van der Waals surface area contributed by atoms with E-state index in [0.29, 0.717) is 28.3 Å². The number of benzene rings is 1. The molecule has 2 heterocycles. The number of nitrogens with zero attached hydrogens (tertiary/aromatic N) is 3. The quantitative estimate of drug-likeness (QED) is 0.429. The van der Waals surface area contributed by atoms with Gasteiger partial charge in [-0.05, 0) is 93.9 Å². The molecule has 0 spiro atoms. The molecule has 1 fully saturated rings. The van der Waals surface area contributed by atoms with E-state index in [2.05, 4.69) is 39.3 Å². The fourth-order valence-corrected chi connectivity index (χ4v) is 5.92. The lowest BCUT2D eigenvalue weighted by Gasteiger charge is -2.38. The summed E-state index contributed by atoms with van der Waals surface area (Å²) in [6.07, 6.45) is 2.93. The van der Waals surface area contributed by atoms with Gasteiger partial charge in [0.25, 0.3) is 5.91 Å². The maximum Gasteiger partial charge on any atom is 0.309 e. The molecule has 1 aromatic heterocycles. The normalized spacial score (nSPS) is 23.2. The van der Waals surface area contributed by atoms with E-state index in [1.807, 2.05) is 49.9 Å². The average Bonchev–Trinajstić information content (AvgIpc) is 3.20. The summed E-state index contributed by atoms with van der Waals surface area (Å²) in [5.74, 6) is -0.305. The third kappa shape index (κ3) is 4.72. The van der Waals surface area contributed by atoms with Crippen LogP contribution in [0.5, 0.6) is 0 Å². The van der Waals surface area contributed by atoms with Crippen LogP contribution in [0.25, 0.3) is 0 Å². The number of hydrogen-bond donors (Lipinski definition) is 0. The minimum Gasteiger partial charge on any atom is -0.460 e. The van der Waals surface area contributed by atoms with Gasteiger partial charge in [-0.3, -0.25) is 9.59 Å². The second kappa shape index (κ2) is 9.06. The molecule has 6 nitrogen and oxygen atoms in total. The van der Waals surface area contributed by atoms with Crippen LogP contribution in [0.3, 0.4) is 0 Å². The van der Waals surface area contributed by atoms with Crippen LogP contribution < -0.4 is 0 Å². The lowest BCUT2D eigenvalue weighted by atomic mass is 9.84. The highest BCUT2D eigenvalue weighted by Crippen LogP contribution is 2.45. The van der Waals surface area contributed by atoms with Gasteiger partial charge in [-0.25, -0.2) is 4.98 Å². The molecule has 33 heavy (non-hydrogen) atoms. The molecule has 2 aromatic rings. The van der Waals surface area contributed by atoms with Gasteiger partial charge in [0.05, 0.1) is 11.6 Å². The molecule has 178 valence electrons. The molecule has 1 aromatic carbocycles. The van der Waals surface area contributed by atoms with Gasteiger partial charge in [-0.15, -0.1) is 0 Å². The van der Waals surface area contributed by atoms with Gasteiger partial charge < -0.3 is 14.2 Å². The smallest absolute Gasteiger partial charge is 0.309 e. The van der Waals surface area contributed by atoms with Gasteiger partial charge >= 0.3 is 5.97 Å². The minimum absolute atomic E-state index is 0.0328. The van der Waals surface area contributed by atoms with Crippen molar-refractivity contribution in [1.82, 2.24) is 14.5 Å². The van der Waals surface area contributed by atoms with Gasteiger partial charge in [0.2, 0.25) is 0 Å². The van der Waals surface area contributed by atoms with E-state index in [9.17, 15) is 9.59 Å². The van der Waals surface area contributed by atoms with E-state index in [1.165, 1.54) is 0 Å². The highest BCUT2D eigenvalue weighted by molar-refractivity contribution is 9.10. The molecule has 1 unspecified atom stereocenters. The van der Waals surface area contributed by atoms with Gasteiger partial charge in [0.1, 0.15) is 11.6 Å². The van der Waals surface area contributed by atoms with Crippen molar-refractivity contribution in [2.75, 3.05) is 0 Å². The second-order valence-electron chi connectivity index (χ2n) is 10.3. The maximum atomic E-state index is 13.6. The number of rotatable bonds is 4. The van der Waals surface area contributed by atoms with Crippen LogP contribution in [-0.4, -0.2) is 38.0 Å². The molecule has 8 heteroatoms. The minimum atomic E-state index is -0.491. The second-order valence-corrected chi connectivity index (χ2v) is 11.4. The first-order chi connectivity index (χ1) is 15.5. The Kier molecular flexibility index (Phi) is 6.67. The molecular weight excluding hydrogens is 506 g/mol. The van der Waals surface area contributed by atoms with Gasteiger partial charge in [0.15, 0.2) is 10.4 Å². The van der Waals surface area contributed by atoms with Crippen LogP contribution in [0.15, 0.2) is 29.0 Å². The van der Waals surface area contributed by atoms with E-state index >= 15 is 0 Å². The number of carbonyl (C=O) groups excluding carboxylic acids is 2. The number of hydrogen-bond acceptors (Lipinski definition) is 4. The Morgan fingerprint density at radius 3 is 2.30 bits per heavy atom. The Morgan fingerprint density at radius 1 is 1.15 bits per heavy atom. The van der Waals surface area contributed by atoms with Crippen LogP contribution in [0.4, 0.5) is 0 Å². The van der Waals surface area contributed by atoms with Crippen molar-refractivity contribution >= 4 is 39.4 Å². The fourth-order valence-electron chi connectivity index (χ4n) is 5.01. The summed E-state index contributed by atoms with van der Waals surface area (Å²) in [5, 5.41) is 0.659. The number of imidazole rings is 1. The zero-order valence-corrected chi connectivity index (χ0v) is 22.1. The van der Waals surface area contributed by atoms with E-state index in [4.69, 9.17) is 16.3 Å². The number of halogens is 2. The van der Waals surface area contributed by atoms with Crippen molar-refractivity contribution in [3.05, 3.63) is 51.0 Å². The van der Waals surface area contributed by atoms with Crippen LogP contribution >= 0.6 is 27.5 Å². The zero-order valence-electron chi connectivity index (χ0n) is 19.8. The summed E-state index contributed by atoms with van der Waals surface area (Å²) in [4.78, 5) is 32.8. The fraction of sp³-hybridized carbons (Fsp3) is 0.560. The first-order valence-corrected chi connectivity index (χ1v) is 12.7. The Hall–Kier alpha value is -1.86. The number of fused-ring (bicyclic) bond motifs is 1. The summed E-state index contributed by atoms with van der Waals surface area (Å²) in [7, 11) is 0. The van der Waals surface area contributed by atoms with Crippen LogP contribution in [0, 0.1) is 5.92 Å². The third-order valence-corrected chi connectivity index (χ3v) is 7.22. The number of ether oxygens (including phenoxy) is 1. The molecule has 1 aliphatic heterocycles. The summed E-state index contributed by atoms with van der Waals surface area (Å²) < 4.78 is 8.37. The molecular formula is C25H31BrClN3O3. The van der Waals surface area contributed by atoms with Crippen molar-refractivity contribution in [2.24, 2.45) is 5.92 Å². The van der Waals surface area contributed by atoms with Crippen molar-refractivity contribution in [1.29, 1.82) is 0 Å². The summed E-state index contributed by atoms with van der Waals surface area (Å²) in [5.41, 5.74) is 1.94. The highest BCUT2D eigenvalue weighted by Gasteiger charge is 2.47. The van der Waals surface area contributed by atoms with Crippen molar-refractivity contribution in [3.63, 3.8) is 0 Å². The summed E-state index contributed by atoms with van der Waals surface area (Å²) in [6.45, 7) is 9.85. The molecule has 1 atom stereocenters. The van der Waals surface area contributed by atoms with E-state index in [1.54, 1.807) is 0 Å². The Morgan fingerprint density at radius 2 is 1.76 bits per heavy atom. The van der Waals surface area contributed by atoms with E-state index in [0.717, 1.165) is 24.1 Å². The third-order valence-electron chi connectivity index (χ3n) is 6.41. The van der Waals surface area contributed by atoms with Gasteiger partial charge in [-0.2, -0.15) is 0 Å². The first kappa shape index (κ1) is 24.3. The maximum absolute atomic E-state index is 13.6. The summed E-state index contributed by atoms with van der Waals surface area (Å²) in [6, 6.07) is 7.63. The Balaban J connectivity index is 1.64. The number of esters is 1. The van der Waals surface area contributed by atoms with Crippen molar-refractivity contribution < 1.29 is 14.3 Å². The van der Waals surface area contributed by atoms with Gasteiger partial charge in [-0.1, -0.05) is 23.7 Å². The summed E-state index contributed by atoms with van der Waals surface area (Å²) >= 11 is 9.71. The lowest BCUT2D eigenvalue weighted by Crippen LogP contribution is -2.43. The molecule has 0 saturated heterocycles. The Labute approximate surface area is 208 Å². The molecule has 2 aliphatic rings.